The van der Waals surface area contributed by atoms with Crippen LogP contribution in [-0.4, -0.2) is 17.1 Å². The van der Waals surface area contributed by atoms with Crippen LogP contribution in [0.1, 0.15) is 30.1 Å². The Bertz CT molecular complexity index is 451. The molecule has 0 bridgehead atoms. The number of hydrogen-bond donors (Lipinski definition) is 2. The summed E-state index contributed by atoms with van der Waals surface area (Å²) in [6, 6.07) is 4.29. The zero-order valence-corrected chi connectivity index (χ0v) is 10.3. The van der Waals surface area contributed by atoms with Crippen molar-refractivity contribution in [2.45, 2.75) is 25.8 Å². The lowest BCUT2D eigenvalue weighted by Gasteiger charge is -2.14. The molecule has 0 saturated heterocycles. The van der Waals surface area contributed by atoms with E-state index >= 15 is 0 Å². The first-order valence-corrected chi connectivity index (χ1v) is 5.69. The summed E-state index contributed by atoms with van der Waals surface area (Å²) in [6.45, 7) is 1.95. The number of terminal acetylenes is 1. The van der Waals surface area contributed by atoms with E-state index in [2.05, 4.69) is 11.2 Å². The Hall–Kier alpha value is -1.66. The van der Waals surface area contributed by atoms with Crippen molar-refractivity contribution in [3.05, 3.63) is 28.8 Å². The van der Waals surface area contributed by atoms with Crippen LogP contribution in [-0.2, 0) is 0 Å². The molecule has 4 heteroatoms. The molecule has 1 rings (SSSR count). The Kier molecular flexibility index (Phi) is 4.86. The second kappa shape index (κ2) is 6.17. The zero-order chi connectivity index (χ0) is 12.8. The minimum atomic E-state index is -0.242. The summed E-state index contributed by atoms with van der Waals surface area (Å²) in [4.78, 5) is 11.8. The van der Waals surface area contributed by atoms with Crippen LogP contribution in [0.4, 0.5) is 0 Å². The monoisotopic (exact) mass is 251 g/mol. The van der Waals surface area contributed by atoms with Gasteiger partial charge in [-0.2, -0.15) is 0 Å². The molecule has 0 aliphatic heterocycles. The topological polar surface area (TPSA) is 49.3 Å². The number of phenols is 1. The highest BCUT2D eigenvalue weighted by atomic mass is 35.5. The summed E-state index contributed by atoms with van der Waals surface area (Å²) in [5, 5.41) is 12.2. The van der Waals surface area contributed by atoms with E-state index < -0.39 is 0 Å². The Balaban J connectivity index is 2.76. The largest absolute Gasteiger partial charge is 0.506 e. The summed E-state index contributed by atoms with van der Waals surface area (Å²) in [5.74, 6) is 2.23. The van der Waals surface area contributed by atoms with Gasteiger partial charge in [-0.1, -0.05) is 18.5 Å². The van der Waals surface area contributed by atoms with Gasteiger partial charge in [0.05, 0.1) is 5.02 Å². The number of amides is 1. The van der Waals surface area contributed by atoms with E-state index in [-0.39, 0.29) is 22.7 Å². The lowest BCUT2D eigenvalue weighted by Crippen LogP contribution is -2.34. The summed E-state index contributed by atoms with van der Waals surface area (Å²) in [7, 11) is 0. The minimum Gasteiger partial charge on any atom is -0.506 e. The number of carbonyl (C=O) groups is 1. The van der Waals surface area contributed by atoms with Gasteiger partial charge in [-0.25, -0.2) is 0 Å². The van der Waals surface area contributed by atoms with E-state index in [0.29, 0.717) is 12.0 Å². The van der Waals surface area contributed by atoms with Gasteiger partial charge in [0.1, 0.15) is 5.75 Å². The number of rotatable bonds is 4. The third-order valence-electron chi connectivity index (χ3n) is 2.40. The zero-order valence-electron chi connectivity index (χ0n) is 9.53. The molecular formula is C13H14ClNO2. The smallest absolute Gasteiger partial charge is 0.251 e. The van der Waals surface area contributed by atoms with Crippen LogP contribution >= 0.6 is 11.6 Å². The molecule has 90 valence electrons. The van der Waals surface area contributed by atoms with Crippen molar-refractivity contribution in [3.63, 3.8) is 0 Å². The van der Waals surface area contributed by atoms with E-state index in [9.17, 15) is 9.90 Å². The van der Waals surface area contributed by atoms with E-state index in [1.54, 1.807) is 0 Å². The summed E-state index contributed by atoms with van der Waals surface area (Å²) < 4.78 is 0. The Morgan fingerprint density at radius 3 is 2.88 bits per heavy atom. The highest BCUT2D eigenvalue weighted by Crippen LogP contribution is 2.23. The maximum atomic E-state index is 11.8. The number of aromatic hydroxyl groups is 1. The first-order chi connectivity index (χ1) is 8.08. The quantitative estimate of drug-likeness (QED) is 0.808. The van der Waals surface area contributed by atoms with Crippen LogP contribution < -0.4 is 5.32 Å². The molecule has 0 aromatic heterocycles. The second-order valence-electron chi connectivity index (χ2n) is 3.65. The van der Waals surface area contributed by atoms with E-state index in [0.717, 1.165) is 6.42 Å². The third kappa shape index (κ3) is 3.69. The molecule has 0 fully saturated rings. The number of nitrogens with one attached hydrogen (secondary N) is 1. The predicted octanol–water partition coefficient (Wildman–Crippen LogP) is 2.58. The molecular weight excluding hydrogens is 238 g/mol. The normalized spacial score (nSPS) is 11.6. The molecule has 1 amide bonds. The predicted molar refractivity (Wildman–Crippen MR) is 68.1 cm³/mol. The fourth-order valence-electron chi connectivity index (χ4n) is 1.36. The minimum absolute atomic E-state index is 0.0416. The molecule has 0 aliphatic carbocycles. The van der Waals surface area contributed by atoms with Crippen molar-refractivity contribution in [3.8, 4) is 18.1 Å². The molecule has 1 aromatic carbocycles. The molecule has 0 aliphatic rings. The van der Waals surface area contributed by atoms with Crippen LogP contribution in [0.2, 0.25) is 5.02 Å². The lowest BCUT2D eigenvalue weighted by molar-refractivity contribution is 0.0936. The molecule has 1 unspecified atom stereocenters. The second-order valence-corrected chi connectivity index (χ2v) is 4.06. The molecule has 3 nitrogen and oxygen atoms in total. The molecule has 0 heterocycles. The van der Waals surface area contributed by atoms with Crippen molar-refractivity contribution in [1.29, 1.82) is 0 Å². The van der Waals surface area contributed by atoms with Crippen LogP contribution in [0, 0.1) is 12.3 Å². The van der Waals surface area contributed by atoms with Gasteiger partial charge >= 0.3 is 0 Å². The average Bonchev–Trinajstić information content (AvgIpc) is 2.31. The van der Waals surface area contributed by atoms with Gasteiger partial charge in [-0.05, 0) is 24.6 Å². The number of phenolic OH excluding ortho intramolecular Hbond substituents is 1. The molecule has 0 saturated carbocycles. The van der Waals surface area contributed by atoms with Crippen molar-refractivity contribution in [2.24, 2.45) is 0 Å². The lowest BCUT2D eigenvalue weighted by atomic mass is 10.1. The van der Waals surface area contributed by atoms with Crippen LogP contribution in [0.25, 0.3) is 0 Å². The number of benzene rings is 1. The fourth-order valence-corrected chi connectivity index (χ4v) is 1.54. The molecule has 1 atom stereocenters. The highest BCUT2D eigenvalue weighted by Gasteiger charge is 2.12. The summed E-state index contributed by atoms with van der Waals surface area (Å²) >= 11 is 5.73. The van der Waals surface area contributed by atoms with Crippen LogP contribution in [0.5, 0.6) is 5.75 Å². The summed E-state index contributed by atoms with van der Waals surface area (Å²) in [6.07, 6.45) is 6.47. The maximum Gasteiger partial charge on any atom is 0.251 e. The Morgan fingerprint density at radius 1 is 1.65 bits per heavy atom. The fraction of sp³-hybridized carbons (Fsp3) is 0.308. The Labute approximate surface area is 106 Å². The van der Waals surface area contributed by atoms with Gasteiger partial charge < -0.3 is 10.4 Å². The number of hydrogen-bond acceptors (Lipinski definition) is 2. The van der Waals surface area contributed by atoms with Gasteiger partial charge in [0, 0.05) is 18.0 Å². The Morgan fingerprint density at radius 2 is 2.35 bits per heavy atom. The van der Waals surface area contributed by atoms with Crippen molar-refractivity contribution in [2.75, 3.05) is 0 Å². The summed E-state index contributed by atoms with van der Waals surface area (Å²) in [5.41, 5.74) is 0.406. The van der Waals surface area contributed by atoms with E-state index in [1.165, 1.54) is 18.2 Å². The SMILES string of the molecule is C#CCC(CC)NC(=O)c1ccc(O)c(Cl)c1. The molecule has 0 radical (unpaired) electrons. The van der Waals surface area contributed by atoms with Gasteiger partial charge in [0.2, 0.25) is 0 Å². The molecule has 0 spiro atoms. The van der Waals surface area contributed by atoms with Gasteiger partial charge in [-0.3, -0.25) is 4.79 Å². The van der Waals surface area contributed by atoms with Crippen molar-refractivity contribution >= 4 is 17.5 Å². The molecule has 2 N–H and O–H groups in total. The maximum absolute atomic E-state index is 11.8. The molecule has 17 heavy (non-hydrogen) atoms. The van der Waals surface area contributed by atoms with Gasteiger partial charge in [0.25, 0.3) is 5.91 Å². The van der Waals surface area contributed by atoms with E-state index in [4.69, 9.17) is 18.0 Å². The van der Waals surface area contributed by atoms with Crippen LogP contribution in [0.15, 0.2) is 18.2 Å². The standard InChI is InChI=1S/C13H14ClNO2/c1-3-5-10(4-2)15-13(17)9-6-7-12(16)11(14)8-9/h1,6-8,10,16H,4-5H2,2H3,(H,15,17). The highest BCUT2D eigenvalue weighted by molar-refractivity contribution is 6.32. The van der Waals surface area contributed by atoms with Crippen molar-refractivity contribution < 1.29 is 9.90 Å². The first-order valence-electron chi connectivity index (χ1n) is 5.31. The molecule has 1 aromatic rings. The number of carbonyl (C=O) groups excluding carboxylic acids is 1. The number of halogens is 1. The van der Waals surface area contributed by atoms with Gasteiger partial charge in [-0.15, -0.1) is 12.3 Å². The average molecular weight is 252 g/mol. The third-order valence-corrected chi connectivity index (χ3v) is 2.70. The van der Waals surface area contributed by atoms with E-state index in [1.807, 2.05) is 6.92 Å². The van der Waals surface area contributed by atoms with Crippen LogP contribution in [0.3, 0.4) is 0 Å². The van der Waals surface area contributed by atoms with Gasteiger partial charge in [0.15, 0.2) is 0 Å². The van der Waals surface area contributed by atoms with Crippen molar-refractivity contribution in [1.82, 2.24) is 5.32 Å². The first kappa shape index (κ1) is 13.4.